The Morgan fingerprint density at radius 3 is 2.80 bits per heavy atom. The van der Waals surface area contributed by atoms with Crippen molar-refractivity contribution in [3.05, 3.63) is 24.0 Å². The third-order valence-corrected chi connectivity index (χ3v) is 2.30. The topological polar surface area (TPSA) is 21.3 Å². The number of hydrogen-bond donors (Lipinski definition) is 1. The van der Waals surface area contributed by atoms with Crippen LogP contribution in [0.3, 0.4) is 0 Å². The molecule has 0 bridgehead atoms. The van der Waals surface area contributed by atoms with E-state index in [4.69, 9.17) is 4.74 Å². The van der Waals surface area contributed by atoms with Gasteiger partial charge in [-0.15, -0.1) is 0 Å². The largest absolute Gasteiger partial charge is 0.497 e. The number of hydrogen-bond acceptors (Lipinski definition) is 2. The van der Waals surface area contributed by atoms with Gasteiger partial charge in [0.25, 0.3) is 0 Å². The highest BCUT2D eigenvalue weighted by molar-refractivity contribution is 5.50. The molecule has 3 heteroatoms. The van der Waals surface area contributed by atoms with E-state index >= 15 is 0 Å². The molecule has 84 valence electrons. The second-order valence-electron chi connectivity index (χ2n) is 3.68. The van der Waals surface area contributed by atoms with E-state index in [0.29, 0.717) is 11.4 Å². The highest BCUT2D eigenvalue weighted by atomic mass is 19.1. The van der Waals surface area contributed by atoms with Crippen molar-refractivity contribution >= 4 is 5.69 Å². The van der Waals surface area contributed by atoms with Gasteiger partial charge in [0.15, 0.2) is 0 Å². The number of nitrogens with one attached hydrogen (secondary N) is 1. The van der Waals surface area contributed by atoms with Crippen molar-refractivity contribution in [3.8, 4) is 5.75 Å². The van der Waals surface area contributed by atoms with Crippen molar-refractivity contribution in [1.29, 1.82) is 0 Å². The van der Waals surface area contributed by atoms with Crippen LogP contribution in [0.1, 0.15) is 26.7 Å². The van der Waals surface area contributed by atoms with E-state index in [2.05, 4.69) is 12.2 Å². The number of methoxy groups -OCH3 is 1. The lowest BCUT2D eigenvalue weighted by Crippen LogP contribution is -2.15. The smallest absolute Gasteiger partial charge is 0.146 e. The molecule has 0 radical (unpaired) electrons. The van der Waals surface area contributed by atoms with Crippen LogP contribution in [0.4, 0.5) is 10.1 Å². The Labute approximate surface area is 90.4 Å². The maximum Gasteiger partial charge on any atom is 0.146 e. The van der Waals surface area contributed by atoms with Crippen LogP contribution in [-0.2, 0) is 0 Å². The quantitative estimate of drug-likeness (QED) is 0.805. The first-order valence-corrected chi connectivity index (χ1v) is 5.27. The zero-order valence-corrected chi connectivity index (χ0v) is 9.51. The minimum atomic E-state index is -0.237. The number of halogens is 1. The van der Waals surface area contributed by atoms with Gasteiger partial charge in [-0.2, -0.15) is 0 Å². The van der Waals surface area contributed by atoms with Crippen molar-refractivity contribution in [2.45, 2.75) is 32.7 Å². The third kappa shape index (κ3) is 3.42. The molecule has 1 aromatic carbocycles. The molecule has 0 aliphatic carbocycles. The summed E-state index contributed by atoms with van der Waals surface area (Å²) < 4.78 is 18.4. The second kappa shape index (κ2) is 5.59. The molecule has 0 heterocycles. The predicted molar refractivity (Wildman–Crippen MR) is 60.9 cm³/mol. The second-order valence-corrected chi connectivity index (χ2v) is 3.68. The standard InChI is InChI=1S/C12H18FNO/c1-4-5-9(2)14-12-8-10(15-3)6-7-11(12)13/h6-9,14H,4-5H2,1-3H3/t9-/m1/s1. The number of rotatable bonds is 5. The van der Waals surface area contributed by atoms with E-state index < -0.39 is 0 Å². The summed E-state index contributed by atoms with van der Waals surface area (Å²) in [5, 5.41) is 3.13. The first kappa shape index (κ1) is 11.8. The van der Waals surface area contributed by atoms with Gasteiger partial charge in [0, 0.05) is 12.1 Å². The van der Waals surface area contributed by atoms with E-state index in [1.165, 1.54) is 6.07 Å². The molecule has 0 saturated heterocycles. The summed E-state index contributed by atoms with van der Waals surface area (Å²) in [6, 6.07) is 4.99. The molecule has 1 atom stereocenters. The molecule has 0 aliphatic rings. The predicted octanol–water partition coefficient (Wildman–Crippen LogP) is 3.43. The first-order valence-electron chi connectivity index (χ1n) is 5.27. The Hall–Kier alpha value is -1.25. The fourth-order valence-corrected chi connectivity index (χ4v) is 1.51. The lowest BCUT2D eigenvalue weighted by atomic mass is 10.2. The Morgan fingerprint density at radius 1 is 1.47 bits per heavy atom. The summed E-state index contributed by atoms with van der Waals surface area (Å²) >= 11 is 0. The highest BCUT2D eigenvalue weighted by Gasteiger charge is 2.06. The van der Waals surface area contributed by atoms with E-state index in [1.807, 2.05) is 6.92 Å². The molecular weight excluding hydrogens is 193 g/mol. The zero-order valence-electron chi connectivity index (χ0n) is 9.51. The fraction of sp³-hybridized carbons (Fsp3) is 0.500. The first-order chi connectivity index (χ1) is 7.17. The molecule has 0 saturated carbocycles. The van der Waals surface area contributed by atoms with Crippen molar-refractivity contribution < 1.29 is 9.13 Å². The number of benzene rings is 1. The molecule has 0 aliphatic heterocycles. The van der Waals surface area contributed by atoms with Crippen LogP contribution in [0.5, 0.6) is 5.75 Å². The minimum absolute atomic E-state index is 0.237. The molecule has 1 aromatic rings. The van der Waals surface area contributed by atoms with Gasteiger partial charge in [-0.25, -0.2) is 4.39 Å². The zero-order chi connectivity index (χ0) is 11.3. The summed E-state index contributed by atoms with van der Waals surface area (Å²) in [5.41, 5.74) is 0.510. The molecule has 1 N–H and O–H groups in total. The van der Waals surface area contributed by atoms with Gasteiger partial charge in [0.05, 0.1) is 12.8 Å². The summed E-state index contributed by atoms with van der Waals surface area (Å²) in [4.78, 5) is 0. The molecule has 1 rings (SSSR count). The van der Waals surface area contributed by atoms with Crippen molar-refractivity contribution in [1.82, 2.24) is 0 Å². The van der Waals surface area contributed by atoms with Gasteiger partial charge in [0.1, 0.15) is 11.6 Å². The average Bonchev–Trinajstić information content (AvgIpc) is 2.21. The SMILES string of the molecule is CCC[C@@H](C)Nc1cc(OC)ccc1F. The Balaban J connectivity index is 2.74. The molecule has 15 heavy (non-hydrogen) atoms. The monoisotopic (exact) mass is 211 g/mol. The van der Waals surface area contributed by atoms with Gasteiger partial charge >= 0.3 is 0 Å². The van der Waals surface area contributed by atoms with E-state index in [1.54, 1.807) is 19.2 Å². The van der Waals surface area contributed by atoms with Gasteiger partial charge in [-0.05, 0) is 25.5 Å². The molecule has 0 aromatic heterocycles. The Morgan fingerprint density at radius 2 is 2.20 bits per heavy atom. The van der Waals surface area contributed by atoms with Crippen molar-refractivity contribution in [2.75, 3.05) is 12.4 Å². The van der Waals surface area contributed by atoms with Crippen LogP contribution in [-0.4, -0.2) is 13.2 Å². The molecule has 2 nitrogen and oxygen atoms in total. The molecule has 0 unspecified atom stereocenters. The summed E-state index contributed by atoms with van der Waals surface area (Å²) in [6.07, 6.45) is 2.11. The number of ether oxygens (including phenoxy) is 1. The van der Waals surface area contributed by atoms with Crippen LogP contribution < -0.4 is 10.1 Å². The lowest BCUT2D eigenvalue weighted by molar-refractivity contribution is 0.414. The Bertz CT molecular complexity index is 314. The number of anilines is 1. The van der Waals surface area contributed by atoms with Gasteiger partial charge in [-0.3, -0.25) is 0 Å². The molecule has 0 spiro atoms. The fourth-order valence-electron chi connectivity index (χ4n) is 1.51. The van der Waals surface area contributed by atoms with Crippen LogP contribution in [0, 0.1) is 5.82 Å². The van der Waals surface area contributed by atoms with Gasteiger partial charge in [-0.1, -0.05) is 13.3 Å². The van der Waals surface area contributed by atoms with Crippen molar-refractivity contribution in [3.63, 3.8) is 0 Å². The molecular formula is C12H18FNO. The Kier molecular flexibility index (Phi) is 4.40. The molecule has 0 fully saturated rings. The summed E-state index contributed by atoms with van der Waals surface area (Å²) in [7, 11) is 1.58. The average molecular weight is 211 g/mol. The van der Waals surface area contributed by atoms with Gasteiger partial charge in [0.2, 0.25) is 0 Å². The highest BCUT2D eigenvalue weighted by Crippen LogP contribution is 2.22. The van der Waals surface area contributed by atoms with E-state index in [-0.39, 0.29) is 11.9 Å². The third-order valence-electron chi connectivity index (χ3n) is 2.30. The maximum absolute atomic E-state index is 13.4. The minimum Gasteiger partial charge on any atom is -0.497 e. The summed E-state index contributed by atoms with van der Waals surface area (Å²) in [5.74, 6) is 0.432. The van der Waals surface area contributed by atoms with Crippen LogP contribution in [0.25, 0.3) is 0 Å². The van der Waals surface area contributed by atoms with E-state index in [0.717, 1.165) is 12.8 Å². The maximum atomic E-state index is 13.4. The van der Waals surface area contributed by atoms with E-state index in [9.17, 15) is 4.39 Å². The van der Waals surface area contributed by atoms with Crippen LogP contribution in [0.15, 0.2) is 18.2 Å². The van der Waals surface area contributed by atoms with Crippen molar-refractivity contribution in [2.24, 2.45) is 0 Å². The molecule has 0 amide bonds. The summed E-state index contributed by atoms with van der Waals surface area (Å²) in [6.45, 7) is 4.16. The van der Waals surface area contributed by atoms with Crippen LogP contribution >= 0.6 is 0 Å². The van der Waals surface area contributed by atoms with Crippen LogP contribution in [0.2, 0.25) is 0 Å². The lowest BCUT2D eigenvalue weighted by Gasteiger charge is -2.15. The normalized spacial score (nSPS) is 12.3. The van der Waals surface area contributed by atoms with Gasteiger partial charge < -0.3 is 10.1 Å².